The zero-order valence-electron chi connectivity index (χ0n) is 15.2. The van der Waals surface area contributed by atoms with Gasteiger partial charge in [0, 0.05) is 45.9 Å². The number of morpholine rings is 1. The molecule has 8 nitrogen and oxygen atoms in total. The second-order valence-corrected chi connectivity index (χ2v) is 6.68. The van der Waals surface area contributed by atoms with Crippen molar-refractivity contribution >= 4 is 11.6 Å². The molecule has 0 radical (unpaired) electrons. The van der Waals surface area contributed by atoms with E-state index in [1.54, 1.807) is 0 Å². The van der Waals surface area contributed by atoms with Crippen molar-refractivity contribution < 1.29 is 9.47 Å². The summed E-state index contributed by atoms with van der Waals surface area (Å²) in [7, 11) is 1.82. The van der Waals surface area contributed by atoms with Crippen LogP contribution in [0.3, 0.4) is 0 Å². The summed E-state index contributed by atoms with van der Waals surface area (Å²) >= 11 is 0. The molecule has 0 saturated carbocycles. The van der Waals surface area contributed by atoms with Crippen molar-refractivity contribution in [3.05, 3.63) is 30.2 Å². The maximum absolute atomic E-state index is 5.93. The quantitative estimate of drug-likeness (QED) is 0.641. The summed E-state index contributed by atoms with van der Waals surface area (Å²) < 4.78 is 13.7. The third-order valence-corrected chi connectivity index (χ3v) is 5.00. The van der Waals surface area contributed by atoms with Crippen molar-refractivity contribution in [2.45, 2.75) is 31.5 Å². The molecular weight excluding hydrogens is 332 g/mol. The van der Waals surface area contributed by atoms with Crippen LogP contribution in [0.2, 0.25) is 0 Å². The van der Waals surface area contributed by atoms with Crippen LogP contribution in [0.1, 0.15) is 18.7 Å². The highest BCUT2D eigenvalue weighted by molar-refractivity contribution is 5.80. The smallest absolute Gasteiger partial charge is 0.193 e. The number of nitrogens with one attached hydrogen (secondary N) is 1. The number of hydrogen-bond donors (Lipinski definition) is 1. The third-order valence-electron chi connectivity index (χ3n) is 5.00. The molecule has 0 aliphatic carbocycles. The number of pyridine rings is 1. The molecule has 2 unspecified atom stereocenters. The van der Waals surface area contributed by atoms with Crippen molar-refractivity contribution in [3.8, 4) is 0 Å². The Hall–Kier alpha value is -2.19. The van der Waals surface area contributed by atoms with Crippen molar-refractivity contribution in [2.24, 2.45) is 4.99 Å². The molecule has 2 aromatic rings. The lowest BCUT2D eigenvalue weighted by Crippen LogP contribution is -2.53. The van der Waals surface area contributed by atoms with Gasteiger partial charge < -0.3 is 19.7 Å². The SMILES string of the molecule is CN=C(NCCc1nnc2ccccn12)N1CCOC(C2CCCO2)C1. The summed E-state index contributed by atoms with van der Waals surface area (Å²) in [6, 6.07) is 5.92. The Labute approximate surface area is 153 Å². The molecule has 26 heavy (non-hydrogen) atoms. The van der Waals surface area contributed by atoms with Gasteiger partial charge in [-0.1, -0.05) is 6.07 Å². The molecule has 2 atom stereocenters. The van der Waals surface area contributed by atoms with E-state index in [4.69, 9.17) is 9.47 Å². The Morgan fingerprint density at radius 2 is 2.19 bits per heavy atom. The maximum Gasteiger partial charge on any atom is 0.193 e. The van der Waals surface area contributed by atoms with E-state index in [0.29, 0.717) is 6.61 Å². The number of rotatable bonds is 4. The molecule has 140 valence electrons. The summed E-state index contributed by atoms with van der Waals surface area (Å²) in [4.78, 5) is 6.71. The van der Waals surface area contributed by atoms with E-state index in [1.807, 2.05) is 35.8 Å². The summed E-state index contributed by atoms with van der Waals surface area (Å²) in [5.74, 6) is 1.85. The van der Waals surface area contributed by atoms with Crippen LogP contribution in [0.4, 0.5) is 0 Å². The molecule has 2 aliphatic rings. The first-order chi connectivity index (χ1) is 12.8. The van der Waals surface area contributed by atoms with E-state index in [-0.39, 0.29) is 12.2 Å². The van der Waals surface area contributed by atoms with E-state index in [9.17, 15) is 0 Å². The zero-order chi connectivity index (χ0) is 17.8. The second kappa shape index (κ2) is 8.01. The predicted molar refractivity (Wildman–Crippen MR) is 98.3 cm³/mol. The number of guanidine groups is 1. The normalized spacial score (nSPS) is 24.3. The summed E-state index contributed by atoms with van der Waals surface area (Å²) in [5, 5.41) is 11.9. The Balaban J connectivity index is 1.32. The largest absolute Gasteiger partial charge is 0.375 e. The summed E-state index contributed by atoms with van der Waals surface area (Å²) in [5.41, 5.74) is 0.875. The standard InChI is InChI=1S/C18H26N6O2/c1-19-18(23-10-12-26-15(13-23)14-5-4-11-25-14)20-8-7-17-22-21-16-6-2-3-9-24(16)17/h2-3,6,9,14-15H,4-5,7-8,10-13H2,1H3,(H,19,20). The minimum Gasteiger partial charge on any atom is -0.375 e. The van der Waals surface area contributed by atoms with Crippen LogP contribution < -0.4 is 5.32 Å². The van der Waals surface area contributed by atoms with Gasteiger partial charge in [-0.05, 0) is 25.0 Å². The zero-order valence-corrected chi connectivity index (χ0v) is 15.2. The molecule has 2 aromatic heterocycles. The van der Waals surface area contributed by atoms with Crippen LogP contribution >= 0.6 is 0 Å². The van der Waals surface area contributed by atoms with Crippen LogP contribution in [0.15, 0.2) is 29.4 Å². The Morgan fingerprint density at radius 3 is 3.04 bits per heavy atom. The van der Waals surface area contributed by atoms with Gasteiger partial charge in [0.05, 0.1) is 12.7 Å². The minimum atomic E-state index is 0.130. The first-order valence-corrected chi connectivity index (χ1v) is 9.32. The molecule has 2 saturated heterocycles. The van der Waals surface area contributed by atoms with Gasteiger partial charge in [-0.25, -0.2) is 0 Å². The molecule has 4 heterocycles. The average molecular weight is 358 g/mol. The van der Waals surface area contributed by atoms with Gasteiger partial charge in [0.2, 0.25) is 0 Å². The van der Waals surface area contributed by atoms with Gasteiger partial charge in [0.1, 0.15) is 11.9 Å². The van der Waals surface area contributed by atoms with Crippen molar-refractivity contribution in [2.75, 3.05) is 39.9 Å². The summed E-state index contributed by atoms with van der Waals surface area (Å²) in [6.45, 7) is 3.98. The second-order valence-electron chi connectivity index (χ2n) is 6.68. The van der Waals surface area contributed by atoms with Crippen LogP contribution in [0, 0.1) is 0 Å². The molecule has 1 N–H and O–H groups in total. The van der Waals surface area contributed by atoms with Crippen LogP contribution in [0.25, 0.3) is 5.65 Å². The lowest BCUT2D eigenvalue weighted by molar-refractivity contribution is -0.0816. The highest BCUT2D eigenvalue weighted by Crippen LogP contribution is 2.21. The lowest BCUT2D eigenvalue weighted by Gasteiger charge is -2.37. The number of hydrogen-bond acceptors (Lipinski definition) is 5. The molecule has 2 fully saturated rings. The lowest BCUT2D eigenvalue weighted by atomic mass is 10.1. The first-order valence-electron chi connectivity index (χ1n) is 9.32. The number of aromatic nitrogens is 3. The molecule has 0 spiro atoms. The van der Waals surface area contributed by atoms with Crippen molar-refractivity contribution in [1.82, 2.24) is 24.8 Å². The monoisotopic (exact) mass is 358 g/mol. The molecule has 8 heteroatoms. The van der Waals surface area contributed by atoms with Gasteiger partial charge in [0.25, 0.3) is 0 Å². The number of aliphatic imine (C=N–C) groups is 1. The summed E-state index contributed by atoms with van der Waals surface area (Å²) in [6.07, 6.45) is 5.34. The van der Waals surface area contributed by atoms with E-state index < -0.39 is 0 Å². The molecule has 0 amide bonds. The molecule has 4 rings (SSSR count). The van der Waals surface area contributed by atoms with Gasteiger partial charge in [-0.3, -0.25) is 9.39 Å². The fourth-order valence-electron chi connectivity index (χ4n) is 3.67. The first kappa shape index (κ1) is 17.2. The number of ether oxygens (including phenoxy) is 2. The van der Waals surface area contributed by atoms with Gasteiger partial charge in [0.15, 0.2) is 11.6 Å². The van der Waals surface area contributed by atoms with Crippen molar-refractivity contribution in [3.63, 3.8) is 0 Å². The van der Waals surface area contributed by atoms with Crippen LogP contribution in [-0.2, 0) is 15.9 Å². The van der Waals surface area contributed by atoms with Gasteiger partial charge in [-0.2, -0.15) is 0 Å². The molecular formula is C18H26N6O2. The predicted octanol–water partition coefficient (Wildman–Crippen LogP) is 0.727. The third kappa shape index (κ3) is 3.66. The van der Waals surface area contributed by atoms with E-state index in [0.717, 1.165) is 62.9 Å². The fourth-order valence-corrected chi connectivity index (χ4v) is 3.67. The molecule has 0 bridgehead atoms. The van der Waals surface area contributed by atoms with E-state index in [1.165, 1.54) is 0 Å². The topological polar surface area (TPSA) is 76.3 Å². The highest BCUT2D eigenvalue weighted by Gasteiger charge is 2.32. The van der Waals surface area contributed by atoms with E-state index in [2.05, 4.69) is 25.4 Å². The maximum atomic E-state index is 5.93. The van der Waals surface area contributed by atoms with E-state index >= 15 is 0 Å². The number of fused-ring (bicyclic) bond motifs is 1. The number of nitrogens with zero attached hydrogens (tertiary/aromatic N) is 5. The highest BCUT2D eigenvalue weighted by atomic mass is 16.5. The van der Waals surface area contributed by atoms with Gasteiger partial charge >= 0.3 is 0 Å². The minimum absolute atomic E-state index is 0.130. The molecule has 2 aliphatic heterocycles. The average Bonchev–Trinajstić information content (AvgIpc) is 3.36. The van der Waals surface area contributed by atoms with Crippen LogP contribution in [0.5, 0.6) is 0 Å². The van der Waals surface area contributed by atoms with Crippen LogP contribution in [-0.4, -0.2) is 77.6 Å². The molecule has 0 aromatic carbocycles. The Kier molecular flexibility index (Phi) is 5.31. The Bertz CT molecular complexity index is 755. The Morgan fingerprint density at radius 1 is 1.27 bits per heavy atom. The van der Waals surface area contributed by atoms with Crippen molar-refractivity contribution in [1.29, 1.82) is 0 Å². The fraction of sp³-hybridized carbons (Fsp3) is 0.611. The van der Waals surface area contributed by atoms with Gasteiger partial charge in [-0.15, -0.1) is 10.2 Å².